The molecule has 1 saturated carbocycles. The number of ether oxygens (including phenoxy) is 1. The standard InChI is InChI=1S/C21H29F3N6O/c1-2-19-29-27-15-30(19)13-12-25-20(28-17-6-4-3-5-7-17)26-14-16-8-10-18(11-9-16)31-21(22,23)24/h8-11,15,17H,2-7,12-14H2,1H3,(H2,25,26,28). The third-order valence-corrected chi connectivity index (χ3v) is 5.18. The lowest BCUT2D eigenvalue weighted by molar-refractivity contribution is -0.274. The molecular formula is C21H29F3N6O. The Morgan fingerprint density at radius 2 is 1.94 bits per heavy atom. The van der Waals surface area contributed by atoms with Gasteiger partial charge in [-0.25, -0.2) is 4.99 Å². The highest BCUT2D eigenvalue weighted by Gasteiger charge is 2.30. The lowest BCUT2D eigenvalue weighted by Gasteiger charge is -2.25. The Labute approximate surface area is 180 Å². The van der Waals surface area contributed by atoms with Gasteiger partial charge in [-0.05, 0) is 30.5 Å². The van der Waals surface area contributed by atoms with Gasteiger partial charge in [-0.1, -0.05) is 38.3 Å². The van der Waals surface area contributed by atoms with Crippen molar-refractivity contribution in [2.45, 2.75) is 70.9 Å². The minimum Gasteiger partial charge on any atom is -0.406 e. The zero-order valence-electron chi connectivity index (χ0n) is 17.7. The summed E-state index contributed by atoms with van der Waals surface area (Å²) >= 11 is 0. The molecule has 0 radical (unpaired) electrons. The second kappa shape index (κ2) is 11.0. The van der Waals surface area contributed by atoms with E-state index in [1.54, 1.807) is 18.5 Å². The zero-order valence-corrected chi connectivity index (χ0v) is 17.7. The van der Waals surface area contributed by atoms with Crippen LogP contribution in [-0.2, 0) is 19.5 Å². The van der Waals surface area contributed by atoms with Crippen molar-refractivity contribution in [3.05, 3.63) is 42.0 Å². The van der Waals surface area contributed by atoms with Crippen LogP contribution < -0.4 is 15.4 Å². The van der Waals surface area contributed by atoms with Crippen molar-refractivity contribution in [3.8, 4) is 5.75 Å². The average molecular weight is 438 g/mol. The number of benzene rings is 1. The normalized spacial score (nSPS) is 15.7. The first kappa shape index (κ1) is 22.9. The van der Waals surface area contributed by atoms with Gasteiger partial charge in [0.2, 0.25) is 0 Å². The Hall–Kier alpha value is -2.78. The number of nitrogens with one attached hydrogen (secondary N) is 2. The summed E-state index contributed by atoms with van der Waals surface area (Å²) in [4.78, 5) is 4.64. The summed E-state index contributed by atoms with van der Waals surface area (Å²) < 4.78 is 42.9. The van der Waals surface area contributed by atoms with Crippen LogP contribution in [0.3, 0.4) is 0 Å². The lowest BCUT2D eigenvalue weighted by atomic mass is 9.96. The molecule has 2 aromatic rings. The smallest absolute Gasteiger partial charge is 0.406 e. The highest BCUT2D eigenvalue weighted by atomic mass is 19.4. The fraction of sp³-hybridized carbons (Fsp3) is 0.571. The van der Waals surface area contributed by atoms with Crippen LogP contribution in [0.5, 0.6) is 5.75 Å². The molecule has 7 nitrogen and oxygen atoms in total. The molecule has 1 heterocycles. The van der Waals surface area contributed by atoms with E-state index in [-0.39, 0.29) is 5.75 Å². The average Bonchev–Trinajstić information content (AvgIpc) is 3.20. The fourth-order valence-corrected chi connectivity index (χ4v) is 3.59. The van der Waals surface area contributed by atoms with Crippen LogP contribution in [0.4, 0.5) is 13.2 Å². The maximum atomic E-state index is 12.3. The van der Waals surface area contributed by atoms with Crippen LogP contribution in [0.1, 0.15) is 50.4 Å². The Kier molecular flexibility index (Phi) is 8.13. The molecule has 0 bridgehead atoms. The van der Waals surface area contributed by atoms with E-state index in [0.29, 0.717) is 31.6 Å². The van der Waals surface area contributed by atoms with Gasteiger partial charge in [-0.3, -0.25) is 0 Å². The number of halogens is 3. The maximum Gasteiger partial charge on any atom is 0.573 e. The summed E-state index contributed by atoms with van der Waals surface area (Å²) in [5.41, 5.74) is 0.798. The SMILES string of the molecule is CCc1nncn1CCNC(=NCc1ccc(OC(F)(F)F)cc1)NC1CCCCC1. The van der Waals surface area contributed by atoms with Gasteiger partial charge >= 0.3 is 6.36 Å². The van der Waals surface area contributed by atoms with E-state index >= 15 is 0 Å². The van der Waals surface area contributed by atoms with E-state index in [2.05, 4.69) is 30.6 Å². The van der Waals surface area contributed by atoms with Crippen LogP contribution in [0.15, 0.2) is 35.6 Å². The van der Waals surface area contributed by atoms with E-state index in [0.717, 1.165) is 30.7 Å². The third kappa shape index (κ3) is 7.76. The van der Waals surface area contributed by atoms with Gasteiger partial charge in [0.1, 0.15) is 17.9 Å². The molecule has 1 aromatic heterocycles. The Morgan fingerprint density at radius 3 is 2.61 bits per heavy atom. The van der Waals surface area contributed by atoms with Crippen LogP contribution in [0, 0.1) is 0 Å². The molecule has 3 rings (SSSR count). The van der Waals surface area contributed by atoms with E-state index in [4.69, 9.17) is 0 Å². The number of hydrogen-bond donors (Lipinski definition) is 2. The van der Waals surface area contributed by atoms with Gasteiger partial charge in [0.25, 0.3) is 0 Å². The molecule has 1 fully saturated rings. The van der Waals surface area contributed by atoms with Gasteiger partial charge in [-0.2, -0.15) is 0 Å². The van der Waals surface area contributed by atoms with Gasteiger partial charge in [0.15, 0.2) is 5.96 Å². The van der Waals surface area contributed by atoms with E-state index in [1.165, 1.54) is 31.4 Å². The molecule has 1 aromatic carbocycles. The second-order valence-corrected chi connectivity index (χ2v) is 7.56. The number of hydrogen-bond acceptors (Lipinski definition) is 4. The minimum atomic E-state index is -4.69. The zero-order chi connectivity index (χ0) is 22.1. The molecule has 0 saturated heterocycles. The van der Waals surface area contributed by atoms with Crippen molar-refractivity contribution < 1.29 is 17.9 Å². The molecule has 1 aliphatic carbocycles. The molecule has 0 unspecified atom stereocenters. The molecule has 1 aliphatic rings. The van der Waals surface area contributed by atoms with E-state index in [1.807, 2.05) is 11.5 Å². The van der Waals surface area contributed by atoms with Crippen LogP contribution >= 0.6 is 0 Å². The summed E-state index contributed by atoms with van der Waals surface area (Å²) in [6.07, 6.45) is 3.72. The van der Waals surface area contributed by atoms with E-state index < -0.39 is 6.36 Å². The number of rotatable bonds is 8. The molecule has 10 heteroatoms. The van der Waals surface area contributed by atoms with Crippen LogP contribution in [0.25, 0.3) is 0 Å². The monoisotopic (exact) mass is 438 g/mol. The minimum absolute atomic E-state index is 0.237. The van der Waals surface area contributed by atoms with Crippen molar-refractivity contribution >= 4 is 5.96 Å². The van der Waals surface area contributed by atoms with Gasteiger partial charge < -0.3 is 19.9 Å². The maximum absolute atomic E-state index is 12.3. The number of guanidine groups is 1. The van der Waals surface area contributed by atoms with Crippen molar-refractivity contribution in [3.63, 3.8) is 0 Å². The first-order valence-corrected chi connectivity index (χ1v) is 10.7. The molecule has 2 N–H and O–H groups in total. The Bertz CT molecular complexity index is 828. The van der Waals surface area contributed by atoms with Gasteiger partial charge in [0.05, 0.1) is 6.54 Å². The number of aryl methyl sites for hydroxylation is 1. The summed E-state index contributed by atoms with van der Waals surface area (Å²) in [5, 5.41) is 14.9. The largest absolute Gasteiger partial charge is 0.573 e. The first-order valence-electron chi connectivity index (χ1n) is 10.7. The number of alkyl halides is 3. The molecule has 170 valence electrons. The fourth-order valence-electron chi connectivity index (χ4n) is 3.59. The van der Waals surface area contributed by atoms with Gasteiger partial charge in [-0.15, -0.1) is 23.4 Å². The number of aliphatic imine (C=N–C) groups is 1. The van der Waals surface area contributed by atoms with Crippen LogP contribution in [-0.4, -0.2) is 39.7 Å². The Morgan fingerprint density at radius 1 is 1.19 bits per heavy atom. The molecular weight excluding hydrogens is 409 g/mol. The van der Waals surface area contributed by atoms with E-state index in [9.17, 15) is 13.2 Å². The van der Waals surface area contributed by atoms with Crippen LogP contribution in [0.2, 0.25) is 0 Å². The highest BCUT2D eigenvalue weighted by Crippen LogP contribution is 2.23. The van der Waals surface area contributed by atoms with Crippen molar-refractivity contribution in [2.75, 3.05) is 6.54 Å². The predicted octanol–water partition coefficient (Wildman–Crippen LogP) is 3.81. The van der Waals surface area contributed by atoms with Gasteiger partial charge in [0, 0.05) is 25.6 Å². The quantitative estimate of drug-likeness (QED) is 0.484. The topological polar surface area (TPSA) is 76.4 Å². The lowest BCUT2D eigenvalue weighted by Crippen LogP contribution is -2.45. The molecule has 0 amide bonds. The summed E-state index contributed by atoms with van der Waals surface area (Å²) in [6, 6.07) is 6.17. The molecule has 31 heavy (non-hydrogen) atoms. The number of nitrogens with zero attached hydrogens (tertiary/aromatic N) is 4. The molecule has 0 spiro atoms. The summed E-state index contributed by atoms with van der Waals surface area (Å²) in [5.74, 6) is 1.40. The number of aromatic nitrogens is 3. The van der Waals surface area contributed by atoms with Crippen molar-refractivity contribution in [1.82, 2.24) is 25.4 Å². The molecule has 0 atom stereocenters. The summed E-state index contributed by atoms with van der Waals surface area (Å²) in [7, 11) is 0. The first-order chi connectivity index (χ1) is 14.9. The van der Waals surface area contributed by atoms with Crippen molar-refractivity contribution in [1.29, 1.82) is 0 Å². The highest BCUT2D eigenvalue weighted by molar-refractivity contribution is 5.80. The summed E-state index contributed by atoms with van der Waals surface area (Å²) in [6.45, 7) is 3.75. The van der Waals surface area contributed by atoms with Crippen molar-refractivity contribution in [2.24, 2.45) is 4.99 Å². The molecule has 0 aliphatic heterocycles. The Balaban J connectivity index is 1.59. The second-order valence-electron chi connectivity index (χ2n) is 7.56. The predicted molar refractivity (Wildman–Crippen MR) is 112 cm³/mol. The third-order valence-electron chi connectivity index (χ3n) is 5.18.